The van der Waals surface area contributed by atoms with Gasteiger partial charge in [-0.05, 0) is 43.9 Å². The van der Waals surface area contributed by atoms with Gasteiger partial charge in [0, 0.05) is 25.4 Å². The number of carbonyl (C=O) groups is 1. The van der Waals surface area contributed by atoms with E-state index in [1.807, 2.05) is 0 Å². The van der Waals surface area contributed by atoms with Crippen molar-refractivity contribution >= 4 is 23.3 Å². The van der Waals surface area contributed by atoms with Gasteiger partial charge in [-0.1, -0.05) is 11.6 Å². The van der Waals surface area contributed by atoms with Gasteiger partial charge in [0.2, 0.25) is 0 Å². The average Bonchev–Trinajstić information content (AvgIpc) is 2.53. The molecule has 0 spiro atoms. The zero-order chi connectivity index (χ0) is 16.2. The second-order valence-electron chi connectivity index (χ2n) is 5.62. The smallest absolute Gasteiger partial charge is 0.339 e. The first-order valence-electron chi connectivity index (χ1n) is 7.42. The van der Waals surface area contributed by atoms with Gasteiger partial charge in [-0.15, -0.1) is 0 Å². The summed E-state index contributed by atoms with van der Waals surface area (Å²) in [4.78, 5) is 13.6. The number of ether oxygens (including phenoxy) is 1. The maximum atomic E-state index is 14.5. The molecule has 0 bridgehead atoms. The van der Waals surface area contributed by atoms with Gasteiger partial charge >= 0.3 is 5.97 Å². The van der Waals surface area contributed by atoms with E-state index in [1.54, 1.807) is 18.2 Å². The van der Waals surface area contributed by atoms with Crippen molar-refractivity contribution in [2.24, 2.45) is 0 Å². The second-order valence-corrected chi connectivity index (χ2v) is 6.03. The normalized spacial score (nSPS) is 17.4. The third kappa shape index (κ3) is 3.90. The lowest BCUT2D eigenvalue weighted by atomic mass is 9.88. The number of alkyl halides is 1. The maximum Gasteiger partial charge on any atom is 0.339 e. The lowest BCUT2D eigenvalue weighted by Crippen LogP contribution is -2.42. The standard InChI is InChI=1S/C16H21ClFNO3/c1-22-15(21)13-4-3-12(11-14(13)17)19-8-6-16(18,7-9-19)5-2-10-20/h3-4,11,20H,2,5-10H2,1H3. The van der Waals surface area contributed by atoms with Crippen molar-refractivity contribution in [1.82, 2.24) is 0 Å². The number of carbonyl (C=O) groups excluding carboxylic acids is 1. The molecule has 0 amide bonds. The summed E-state index contributed by atoms with van der Waals surface area (Å²) in [5.74, 6) is -0.470. The van der Waals surface area contributed by atoms with Gasteiger partial charge in [-0.2, -0.15) is 0 Å². The van der Waals surface area contributed by atoms with Crippen molar-refractivity contribution in [3.05, 3.63) is 28.8 Å². The summed E-state index contributed by atoms with van der Waals surface area (Å²) in [6.45, 7) is 1.21. The van der Waals surface area contributed by atoms with Gasteiger partial charge in [0.05, 0.1) is 17.7 Å². The summed E-state index contributed by atoms with van der Waals surface area (Å²) in [7, 11) is 1.31. The molecule has 1 N–H and O–H groups in total. The number of hydrogen-bond donors (Lipinski definition) is 1. The van der Waals surface area contributed by atoms with E-state index in [-0.39, 0.29) is 6.61 Å². The van der Waals surface area contributed by atoms with Crippen LogP contribution in [0.2, 0.25) is 5.02 Å². The van der Waals surface area contributed by atoms with Gasteiger partial charge in [-0.3, -0.25) is 0 Å². The first kappa shape index (κ1) is 17.0. The lowest BCUT2D eigenvalue weighted by Gasteiger charge is -2.37. The fourth-order valence-corrected chi connectivity index (χ4v) is 3.04. The predicted octanol–water partition coefficient (Wildman–Crippen LogP) is 3.21. The summed E-state index contributed by atoms with van der Waals surface area (Å²) in [6.07, 6.45) is 1.77. The van der Waals surface area contributed by atoms with Crippen molar-refractivity contribution in [1.29, 1.82) is 0 Å². The molecule has 6 heteroatoms. The van der Waals surface area contributed by atoms with Gasteiger partial charge in [-0.25, -0.2) is 9.18 Å². The molecule has 0 atom stereocenters. The SMILES string of the molecule is COC(=O)c1ccc(N2CCC(F)(CCCO)CC2)cc1Cl. The van der Waals surface area contributed by atoms with Gasteiger partial charge in [0.25, 0.3) is 0 Å². The lowest BCUT2D eigenvalue weighted by molar-refractivity contribution is 0.0601. The van der Waals surface area contributed by atoms with Gasteiger partial charge in [0.1, 0.15) is 5.67 Å². The van der Waals surface area contributed by atoms with E-state index in [4.69, 9.17) is 16.7 Å². The Morgan fingerprint density at radius 3 is 2.68 bits per heavy atom. The summed E-state index contributed by atoms with van der Waals surface area (Å²) >= 11 is 6.12. The Morgan fingerprint density at radius 1 is 1.45 bits per heavy atom. The fraction of sp³-hybridized carbons (Fsp3) is 0.562. The molecule has 0 saturated carbocycles. The highest BCUT2D eigenvalue weighted by Gasteiger charge is 2.34. The molecule has 0 aliphatic carbocycles. The van der Waals surface area contributed by atoms with Gasteiger partial charge in [0.15, 0.2) is 0 Å². The molecule has 122 valence electrons. The van der Waals surface area contributed by atoms with Crippen molar-refractivity contribution < 1.29 is 19.0 Å². The number of piperidine rings is 1. The van der Waals surface area contributed by atoms with Crippen LogP contribution in [0.25, 0.3) is 0 Å². The molecule has 0 radical (unpaired) electrons. The highest BCUT2D eigenvalue weighted by molar-refractivity contribution is 6.33. The number of halogens is 2. The maximum absolute atomic E-state index is 14.5. The van der Waals surface area contributed by atoms with Crippen molar-refractivity contribution in [3.63, 3.8) is 0 Å². The quantitative estimate of drug-likeness (QED) is 0.843. The summed E-state index contributed by atoms with van der Waals surface area (Å²) in [6, 6.07) is 5.15. The zero-order valence-corrected chi connectivity index (χ0v) is 13.4. The van der Waals surface area contributed by atoms with Crippen LogP contribution in [-0.4, -0.2) is 43.6 Å². The van der Waals surface area contributed by atoms with E-state index in [0.717, 1.165) is 5.69 Å². The number of hydrogen-bond acceptors (Lipinski definition) is 4. The molecule has 1 aliphatic heterocycles. The minimum absolute atomic E-state index is 0.0278. The third-order valence-corrected chi connectivity index (χ3v) is 4.48. The topological polar surface area (TPSA) is 49.8 Å². The highest BCUT2D eigenvalue weighted by atomic mass is 35.5. The van der Waals surface area contributed by atoms with Crippen LogP contribution in [0.3, 0.4) is 0 Å². The largest absolute Gasteiger partial charge is 0.465 e. The monoisotopic (exact) mass is 329 g/mol. The van der Waals surface area contributed by atoms with E-state index < -0.39 is 11.6 Å². The molecular formula is C16H21ClFNO3. The first-order chi connectivity index (χ1) is 10.5. The van der Waals surface area contributed by atoms with Crippen LogP contribution in [0.4, 0.5) is 10.1 Å². The second kappa shape index (κ2) is 7.29. The molecule has 1 saturated heterocycles. The molecule has 4 nitrogen and oxygen atoms in total. The number of aliphatic hydroxyl groups is 1. The molecule has 0 unspecified atom stereocenters. The van der Waals surface area contributed by atoms with Crippen LogP contribution in [0.1, 0.15) is 36.0 Å². The Kier molecular flexibility index (Phi) is 5.64. The van der Waals surface area contributed by atoms with E-state index in [9.17, 15) is 9.18 Å². The van der Waals surface area contributed by atoms with Crippen LogP contribution >= 0.6 is 11.6 Å². The molecule has 0 aromatic heterocycles. The Hall–Kier alpha value is -1.33. The number of nitrogens with zero attached hydrogens (tertiary/aromatic N) is 1. The number of benzene rings is 1. The van der Waals surface area contributed by atoms with Crippen molar-refractivity contribution in [3.8, 4) is 0 Å². The molecule has 22 heavy (non-hydrogen) atoms. The first-order valence-corrected chi connectivity index (χ1v) is 7.79. The number of esters is 1. The van der Waals surface area contributed by atoms with Crippen molar-refractivity contribution in [2.75, 3.05) is 31.7 Å². The summed E-state index contributed by atoms with van der Waals surface area (Å²) in [5.41, 5.74) is 0.0178. The van der Waals surface area contributed by atoms with E-state index in [0.29, 0.717) is 49.4 Å². The average molecular weight is 330 g/mol. The highest BCUT2D eigenvalue weighted by Crippen LogP contribution is 2.34. The van der Waals surface area contributed by atoms with Crippen LogP contribution in [0, 0.1) is 0 Å². The Balaban J connectivity index is 2.02. The number of rotatable bonds is 5. The van der Waals surface area contributed by atoms with Crippen molar-refractivity contribution in [2.45, 2.75) is 31.4 Å². The summed E-state index contributed by atoms with van der Waals surface area (Å²) in [5, 5.41) is 9.17. The Bertz CT molecular complexity index is 530. The van der Waals surface area contributed by atoms with Gasteiger partial charge < -0.3 is 14.7 Å². The minimum Gasteiger partial charge on any atom is -0.465 e. The Labute approximate surface area is 134 Å². The number of aliphatic hydroxyl groups excluding tert-OH is 1. The molecule has 1 fully saturated rings. The number of methoxy groups -OCH3 is 1. The van der Waals surface area contributed by atoms with Crippen LogP contribution in [-0.2, 0) is 4.74 Å². The van der Waals surface area contributed by atoms with Crippen LogP contribution in [0.15, 0.2) is 18.2 Å². The van der Waals surface area contributed by atoms with E-state index >= 15 is 0 Å². The molecule has 1 aliphatic rings. The fourth-order valence-electron chi connectivity index (χ4n) is 2.79. The molecule has 1 aromatic rings. The summed E-state index contributed by atoms with van der Waals surface area (Å²) < 4.78 is 19.2. The number of anilines is 1. The zero-order valence-electron chi connectivity index (χ0n) is 12.6. The molecule has 1 heterocycles. The molecule has 2 rings (SSSR count). The molecular weight excluding hydrogens is 309 g/mol. The van der Waals surface area contributed by atoms with Crippen LogP contribution < -0.4 is 4.90 Å². The Morgan fingerprint density at radius 2 is 2.14 bits per heavy atom. The van der Waals surface area contributed by atoms with E-state index in [2.05, 4.69) is 9.64 Å². The molecule has 1 aromatic carbocycles. The minimum atomic E-state index is -1.19. The van der Waals surface area contributed by atoms with E-state index in [1.165, 1.54) is 7.11 Å². The predicted molar refractivity (Wildman–Crippen MR) is 84.4 cm³/mol. The third-order valence-electron chi connectivity index (χ3n) is 4.17. The van der Waals surface area contributed by atoms with Crippen LogP contribution in [0.5, 0.6) is 0 Å².